The van der Waals surface area contributed by atoms with Gasteiger partial charge in [-0.2, -0.15) is 4.98 Å². The molecule has 1 unspecified atom stereocenters. The Labute approximate surface area is 124 Å². The molecule has 2 aliphatic carbocycles. The first-order valence-corrected chi connectivity index (χ1v) is 8.02. The van der Waals surface area contributed by atoms with Crippen molar-refractivity contribution < 1.29 is 4.52 Å². The van der Waals surface area contributed by atoms with Gasteiger partial charge in [0.2, 0.25) is 5.89 Å². The molecule has 112 valence electrons. The molecular weight excluding hydrogens is 264 g/mol. The van der Waals surface area contributed by atoms with Crippen LogP contribution in [-0.4, -0.2) is 21.8 Å². The first kappa shape index (κ1) is 13.1. The van der Waals surface area contributed by atoms with Crippen molar-refractivity contribution in [1.82, 2.24) is 20.0 Å². The smallest absolute Gasteiger partial charge is 0.229 e. The number of aryl methyl sites for hydroxylation is 1. The van der Waals surface area contributed by atoms with Gasteiger partial charge in [-0.05, 0) is 50.3 Å². The lowest BCUT2D eigenvalue weighted by Crippen LogP contribution is -2.15. The highest BCUT2D eigenvalue weighted by atomic mass is 16.5. The lowest BCUT2D eigenvalue weighted by atomic mass is 10.1. The molecule has 0 radical (unpaired) electrons. The summed E-state index contributed by atoms with van der Waals surface area (Å²) in [5.74, 6) is 2.15. The zero-order valence-electron chi connectivity index (χ0n) is 12.5. The number of hydrogen-bond acceptors (Lipinski definition) is 4. The molecule has 0 bridgehead atoms. The fraction of sp³-hybridized carbons (Fsp3) is 0.625. The zero-order valence-corrected chi connectivity index (χ0v) is 12.5. The normalized spacial score (nSPS) is 22.0. The van der Waals surface area contributed by atoms with Crippen LogP contribution in [0.2, 0.25) is 0 Å². The summed E-state index contributed by atoms with van der Waals surface area (Å²) in [5, 5.41) is 7.56. The van der Waals surface area contributed by atoms with Gasteiger partial charge in [-0.3, -0.25) is 0 Å². The largest absolute Gasteiger partial charge is 0.346 e. The van der Waals surface area contributed by atoms with Gasteiger partial charge in [-0.15, -0.1) is 0 Å². The predicted molar refractivity (Wildman–Crippen MR) is 79.2 cm³/mol. The van der Waals surface area contributed by atoms with E-state index in [2.05, 4.69) is 39.5 Å². The van der Waals surface area contributed by atoms with Crippen LogP contribution in [0.1, 0.15) is 66.9 Å². The molecule has 0 amide bonds. The second-order valence-corrected chi connectivity index (χ2v) is 6.32. The molecule has 2 aliphatic rings. The highest BCUT2D eigenvalue weighted by molar-refractivity contribution is 5.29. The van der Waals surface area contributed by atoms with E-state index < -0.39 is 0 Å². The Morgan fingerprint density at radius 1 is 1.29 bits per heavy atom. The molecule has 2 aromatic heterocycles. The molecule has 1 saturated carbocycles. The van der Waals surface area contributed by atoms with Crippen LogP contribution in [0.3, 0.4) is 0 Å². The van der Waals surface area contributed by atoms with Gasteiger partial charge in [0.05, 0.1) is 6.54 Å². The van der Waals surface area contributed by atoms with Crippen LogP contribution in [0.5, 0.6) is 0 Å². The Hall–Kier alpha value is -1.62. The van der Waals surface area contributed by atoms with Crippen molar-refractivity contribution >= 4 is 0 Å². The third-order valence-electron chi connectivity index (χ3n) is 4.64. The number of fused-ring (bicyclic) bond motifs is 1. The van der Waals surface area contributed by atoms with E-state index >= 15 is 0 Å². The van der Waals surface area contributed by atoms with Crippen LogP contribution in [0.15, 0.2) is 16.9 Å². The molecule has 1 atom stereocenters. The molecule has 5 nitrogen and oxygen atoms in total. The van der Waals surface area contributed by atoms with Gasteiger partial charge in [-0.25, -0.2) is 0 Å². The molecule has 5 heteroatoms. The first-order chi connectivity index (χ1) is 10.3. The number of hydrogen-bond donors (Lipinski definition) is 1. The molecule has 0 spiro atoms. The van der Waals surface area contributed by atoms with Gasteiger partial charge in [0.25, 0.3) is 0 Å². The Morgan fingerprint density at radius 3 is 3.00 bits per heavy atom. The standard InChI is InChI=1S/C16H22N4O/c1-17-14-5-3-2-4-12-8-20(9-13(12)14)10-15-18-16(21-19-15)11-6-7-11/h8-9,11,14,17H,2-7,10H2,1H3. The van der Waals surface area contributed by atoms with Crippen LogP contribution in [0.4, 0.5) is 0 Å². The minimum Gasteiger partial charge on any atom is -0.346 e. The second kappa shape index (κ2) is 5.30. The van der Waals surface area contributed by atoms with Gasteiger partial charge in [-0.1, -0.05) is 11.6 Å². The molecule has 0 saturated heterocycles. The van der Waals surface area contributed by atoms with Crippen LogP contribution in [0, 0.1) is 0 Å². The summed E-state index contributed by atoms with van der Waals surface area (Å²) < 4.78 is 7.55. The maximum Gasteiger partial charge on any atom is 0.229 e. The quantitative estimate of drug-likeness (QED) is 0.878. The molecule has 21 heavy (non-hydrogen) atoms. The SMILES string of the molecule is CNC1CCCCc2cn(Cc3noc(C4CC4)n3)cc21. The summed E-state index contributed by atoms with van der Waals surface area (Å²) in [4.78, 5) is 4.52. The Balaban J connectivity index is 1.54. The van der Waals surface area contributed by atoms with Crippen molar-refractivity contribution in [3.05, 3.63) is 35.2 Å². The minimum absolute atomic E-state index is 0.482. The molecule has 2 aromatic rings. The molecule has 0 aliphatic heterocycles. The topological polar surface area (TPSA) is 55.9 Å². The Kier molecular flexibility index (Phi) is 3.30. The van der Waals surface area contributed by atoms with Crippen LogP contribution >= 0.6 is 0 Å². The van der Waals surface area contributed by atoms with Crippen molar-refractivity contribution in [2.75, 3.05) is 7.05 Å². The van der Waals surface area contributed by atoms with Gasteiger partial charge in [0, 0.05) is 24.4 Å². The van der Waals surface area contributed by atoms with E-state index in [0.717, 1.165) is 11.7 Å². The summed E-state index contributed by atoms with van der Waals surface area (Å²) in [6.45, 7) is 0.708. The van der Waals surface area contributed by atoms with E-state index in [9.17, 15) is 0 Å². The van der Waals surface area contributed by atoms with E-state index in [4.69, 9.17) is 4.52 Å². The van der Waals surface area contributed by atoms with Crippen molar-refractivity contribution in [2.45, 2.75) is 57.0 Å². The van der Waals surface area contributed by atoms with E-state index in [1.165, 1.54) is 49.7 Å². The third-order valence-corrected chi connectivity index (χ3v) is 4.64. The maximum absolute atomic E-state index is 5.34. The first-order valence-electron chi connectivity index (χ1n) is 8.02. The minimum atomic E-state index is 0.482. The Bertz CT molecular complexity index is 626. The number of rotatable bonds is 4. The third kappa shape index (κ3) is 2.62. The summed E-state index contributed by atoms with van der Waals surface area (Å²) in [7, 11) is 2.05. The molecular formula is C16H22N4O. The predicted octanol–water partition coefficient (Wildman–Crippen LogP) is 2.78. The van der Waals surface area contributed by atoms with Gasteiger partial charge in [0.1, 0.15) is 0 Å². The number of nitrogens with zero attached hydrogens (tertiary/aromatic N) is 3. The van der Waals surface area contributed by atoms with Crippen molar-refractivity contribution in [3.8, 4) is 0 Å². The van der Waals surface area contributed by atoms with E-state index in [-0.39, 0.29) is 0 Å². The molecule has 1 N–H and O–H groups in total. The van der Waals surface area contributed by atoms with Crippen molar-refractivity contribution in [2.24, 2.45) is 0 Å². The van der Waals surface area contributed by atoms with Crippen molar-refractivity contribution in [3.63, 3.8) is 0 Å². The highest BCUT2D eigenvalue weighted by Crippen LogP contribution is 2.38. The van der Waals surface area contributed by atoms with E-state index in [1.54, 1.807) is 0 Å². The van der Waals surface area contributed by atoms with Crippen LogP contribution in [0.25, 0.3) is 0 Å². The van der Waals surface area contributed by atoms with Gasteiger partial charge < -0.3 is 14.4 Å². The number of nitrogens with one attached hydrogen (secondary N) is 1. The average Bonchev–Trinajstić information content (AvgIpc) is 3.17. The summed E-state index contributed by atoms with van der Waals surface area (Å²) in [5.41, 5.74) is 2.92. The summed E-state index contributed by atoms with van der Waals surface area (Å²) in [6.07, 6.45) is 11.9. The van der Waals surface area contributed by atoms with Crippen LogP contribution in [-0.2, 0) is 13.0 Å². The zero-order chi connectivity index (χ0) is 14.2. The molecule has 1 fully saturated rings. The second-order valence-electron chi connectivity index (χ2n) is 6.32. The average molecular weight is 286 g/mol. The number of aromatic nitrogens is 3. The fourth-order valence-corrected chi connectivity index (χ4v) is 3.30. The van der Waals surface area contributed by atoms with Gasteiger partial charge >= 0.3 is 0 Å². The van der Waals surface area contributed by atoms with Gasteiger partial charge in [0.15, 0.2) is 5.82 Å². The summed E-state index contributed by atoms with van der Waals surface area (Å²) >= 11 is 0. The molecule has 4 rings (SSSR count). The van der Waals surface area contributed by atoms with Crippen LogP contribution < -0.4 is 5.32 Å². The highest BCUT2D eigenvalue weighted by Gasteiger charge is 2.29. The molecule has 2 heterocycles. The fourth-order valence-electron chi connectivity index (χ4n) is 3.30. The monoisotopic (exact) mass is 286 g/mol. The maximum atomic E-state index is 5.34. The lowest BCUT2D eigenvalue weighted by Gasteiger charge is -2.13. The van der Waals surface area contributed by atoms with E-state index in [0.29, 0.717) is 18.5 Å². The molecule has 0 aromatic carbocycles. The summed E-state index contributed by atoms with van der Waals surface area (Å²) in [6, 6.07) is 0.482. The van der Waals surface area contributed by atoms with E-state index in [1.807, 2.05) is 0 Å². The van der Waals surface area contributed by atoms with Crippen molar-refractivity contribution in [1.29, 1.82) is 0 Å². The Morgan fingerprint density at radius 2 is 2.19 bits per heavy atom. The lowest BCUT2D eigenvalue weighted by molar-refractivity contribution is 0.373.